The van der Waals surface area contributed by atoms with Crippen molar-refractivity contribution in [1.82, 2.24) is 23.7 Å². The Labute approximate surface area is 514 Å². The molecule has 0 saturated heterocycles. The van der Waals surface area contributed by atoms with Crippen molar-refractivity contribution in [1.29, 1.82) is 0 Å². The fraction of sp³-hybridized carbons (Fsp3) is 0. The van der Waals surface area contributed by atoms with E-state index in [9.17, 15) is 0 Å². The van der Waals surface area contributed by atoms with Gasteiger partial charge in [0.25, 0.3) is 0 Å². The molecule has 0 unspecified atom stereocenters. The molecule has 13 aromatic carbocycles. The highest BCUT2D eigenvalue weighted by Crippen LogP contribution is 2.45. The second-order valence-corrected chi connectivity index (χ2v) is 26.5. The maximum atomic E-state index is 5.90. The van der Waals surface area contributed by atoms with E-state index in [0.29, 0.717) is 5.95 Å². The van der Waals surface area contributed by atoms with Crippen LogP contribution >= 0.6 is 34.0 Å². The summed E-state index contributed by atoms with van der Waals surface area (Å²) in [5, 5.41) is 15.8. The first kappa shape index (κ1) is 48.5. The van der Waals surface area contributed by atoms with Crippen LogP contribution in [0.1, 0.15) is 0 Å². The van der Waals surface area contributed by atoms with Gasteiger partial charge in [0.2, 0.25) is 5.95 Å². The molecule has 7 aromatic heterocycles. The predicted molar refractivity (Wildman–Crippen MR) is 378 cm³/mol. The fourth-order valence-electron chi connectivity index (χ4n) is 14.4. The maximum Gasteiger partial charge on any atom is 0.237 e. The van der Waals surface area contributed by atoms with Crippen LogP contribution in [0.15, 0.2) is 273 Å². The van der Waals surface area contributed by atoms with E-state index in [2.05, 4.69) is 287 Å². The van der Waals surface area contributed by atoms with Crippen molar-refractivity contribution in [2.75, 3.05) is 0 Å². The second-order valence-electron chi connectivity index (χ2n) is 23.2. The Balaban J connectivity index is 0.806. The highest BCUT2D eigenvalue weighted by molar-refractivity contribution is 7.26. The molecule has 7 heterocycles. The molecule has 0 saturated carbocycles. The van der Waals surface area contributed by atoms with Gasteiger partial charge < -0.3 is 4.57 Å². The van der Waals surface area contributed by atoms with Crippen molar-refractivity contribution in [2.24, 2.45) is 0 Å². The van der Waals surface area contributed by atoms with Crippen LogP contribution in [0.5, 0.6) is 0 Å². The van der Waals surface area contributed by atoms with Crippen LogP contribution < -0.4 is 0 Å². The van der Waals surface area contributed by atoms with E-state index in [1.54, 1.807) is 0 Å². The molecule has 0 fully saturated rings. The molecule has 0 spiro atoms. The largest absolute Gasteiger partial charge is 0.309 e. The summed E-state index contributed by atoms with van der Waals surface area (Å²) in [7, 11) is 0. The molecular weight excluding hydrogens is 1130 g/mol. The van der Waals surface area contributed by atoms with Crippen molar-refractivity contribution in [3.8, 4) is 50.8 Å². The van der Waals surface area contributed by atoms with Gasteiger partial charge in [0.05, 0.1) is 38.6 Å². The molecule has 0 aliphatic rings. The standard InChI is InChI=1S/C80H45N5S3/c1-7-19-67-53(13-1)59-39-46(49-28-36-76-62(42-49)56-16-4-10-22-73(56)86-76)25-33-70(59)83(67)52-31-32-66-65(45-52)79(84-68-20-8-2-14-54(68)60-40-47(26-34-71(60)84)50-29-37-77-63(43-50)57-17-5-11-23-74(57)87-77)82-80(81-66)85-69-21-9-3-15-55(69)61-41-48(27-35-72(61)85)51-30-38-78-64(44-51)58-18-6-12-24-75(58)88-78/h1-45H. The monoisotopic (exact) mass is 1170 g/mol. The molecule has 0 N–H and O–H groups in total. The fourth-order valence-corrected chi connectivity index (χ4v) is 17.7. The quantitative estimate of drug-likeness (QED) is 0.166. The summed E-state index contributed by atoms with van der Waals surface area (Å²) in [6, 6.07) is 101. The minimum absolute atomic E-state index is 0.609. The number of hydrogen-bond acceptors (Lipinski definition) is 5. The zero-order chi connectivity index (χ0) is 57.3. The number of benzene rings is 13. The molecule has 20 rings (SSSR count). The summed E-state index contributed by atoms with van der Waals surface area (Å²) in [5.74, 6) is 1.42. The first-order chi connectivity index (χ1) is 43.6. The molecule has 5 nitrogen and oxygen atoms in total. The van der Waals surface area contributed by atoms with Gasteiger partial charge in [0, 0.05) is 104 Å². The van der Waals surface area contributed by atoms with Crippen molar-refractivity contribution in [2.45, 2.75) is 0 Å². The number of thiophene rings is 3. The predicted octanol–water partition coefficient (Wildman–Crippen LogP) is 23.0. The van der Waals surface area contributed by atoms with Crippen LogP contribution in [-0.4, -0.2) is 23.7 Å². The third-order valence-corrected chi connectivity index (χ3v) is 21.9. The number of hydrogen-bond donors (Lipinski definition) is 0. The molecule has 0 bridgehead atoms. The highest BCUT2D eigenvalue weighted by atomic mass is 32.1. The second kappa shape index (κ2) is 18.4. The van der Waals surface area contributed by atoms with Gasteiger partial charge in [-0.2, -0.15) is 4.98 Å². The SMILES string of the molecule is c1ccc2c(c1)sc1ccc(-c3ccc4c(c3)c3ccccc3n4-c3ccc4nc(-n5c6ccccc6c6cc(-c7ccc8sc9ccccc9c8c7)ccc65)nc(-n5c6ccccc6c6cc(-c7ccc8sc9ccccc9c8c7)ccc65)c4c3)cc12. The molecule has 0 aliphatic heterocycles. The maximum absolute atomic E-state index is 5.90. The van der Waals surface area contributed by atoms with Crippen molar-refractivity contribution in [3.63, 3.8) is 0 Å². The van der Waals surface area contributed by atoms with Gasteiger partial charge in [0.15, 0.2) is 5.82 Å². The first-order valence-corrected chi connectivity index (χ1v) is 32.2. The normalized spacial score (nSPS) is 12.3. The van der Waals surface area contributed by atoms with Crippen LogP contribution in [0.2, 0.25) is 0 Å². The third-order valence-electron chi connectivity index (χ3n) is 18.5. The highest BCUT2D eigenvalue weighted by Gasteiger charge is 2.24. The lowest BCUT2D eigenvalue weighted by Gasteiger charge is -2.16. The van der Waals surface area contributed by atoms with Crippen LogP contribution in [0.25, 0.3) is 188 Å². The number of nitrogens with zero attached hydrogens (tertiary/aromatic N) is 5. The summed E-state index contributed by atoms with van der Waals surface area (Å²) in [4.78, 5) is 11.5. The van der Waals surface area contributed by atoms with Gasteiger partial charge in [0.1, 0.15) is 0 Å². The van der Waals surface area contributed by atoms with Crippen LogP contribution in [-0.2, 0) is 0 Å². The topological polar surface area (TPSA) is 40.6 Å². The van der Waals surface area contributed by atoms with Gasteiger partial charge in [-0.3, -0.25) is 9.13 Å². The molecule has 0 aliphatic carbocycles. The summed E-state index contributed by atoms with van der Waals surface area (Å²) >= 11 is 5.57. The number of fused-ring (bicyclic) bond motifs is 19. The smallest absolute Gasteiger partial charge is 0.237 e. The van der Waals surface area contributed by atoms with E-state index in [1.165, 1.54) is 105 Å². The Morgan fingerprint density at radius 1 is 0.216 bits per heavy atom. The lowest BCUT2D eigenvalue weighted by atomic mass is 10.0. The van der Waals surface area contributed by atoms with Crippen molar-refractivity contribution in [3.05, 3.63) is 273 Å². The van der Waals surface area contributed by atoms with E-state index in [0.717, 1.165) is 77.1 Å². The van der Waals surface area contributed by atoms with Gasteiger partial charge in [-0.25, -0.2) is 4.98 Å². The third kappa shape index (κ3) is 7.07. The first-order valence-electron chi connectivity index (χ1n) is 29.8. The Hall–Kier alpha value is -10.7. The van der Waals surface area contributed by atoms with E-state index < -0.39 is 0 Å². The molecule has 0 amide bonds. The molecule has 8 heteroatoms. The summed E-state index contributed by atoms with van der Waals surface area (Å²) in [6.07, 6.45) is 0. The lowest BCUT2D eigenvalue weighted by molar-refractivity contribution is 0.972. The van der Waals surface area contributed by atoms with Gasteiger partial charge in [-0.15, -0.1) is 34.0 Å². The van der Waals surface area contributed by atoms with E-state index >= 15 is 0 Å². The van der Waals surface area contributed by atoms with Crippen LogP contribution in [0, 0.1) is 0 Å². The average molecular weight is 1170 g/mol. The molecule has 408 valence electrons. The molecule has 88 heavy (non-hydrogen) atoms. The zero-order valence-corrected chi connectivity index (χ0v) is 49.4. The minimum Gasteiger partial charge on any atom is -0.309 e. The number of rotatable bonds is 6. The number of para-hydroxylation sites is 3. The minimum atomic E-state index is 0.609. The Kier molecular flexibility index (Phi) is 10.1. The van der Waals surface area contributed by atoms with E-state index in [4.69, 9.17) is 9.97 Å². The molecular formula is C80H45N5S3. The van der Waals surface area contributed by atoms with Gasteiger partial charge in [-0.05, 0) is 161 Å². The molecule has 20 aromatic rings. The van der Waals surface area contributed by atoms with Crippen molar-refractivity contribution >= 4 is 171 Å². The average Bonchev–Trinajstić information content (AvgIpc) is 2.88. The van der Waals surface area contributed by atoms with Crippen LogP contribution in [0.4, 0.5) is 0 Å². The van der Waals surface area contributed by atoms with E-state index in [-0.39, 0.29) is 0 Å². The Morgan fingerprint density at radius 2 is 0.545 bits per heavy atom. The van der Waals surface area contributed by atoms with Gasteiger partial charge >= 0.3 is 0 Å². The Bertz CT molecular complexity index is 6400. The Morgan fingerprint density at radius 3 is 1.00 bits per heavy atom. The molecule has 0 atom stereocenters. The summed E-state index contributed by atoms with van der Waals surface area (Å²) in [5.41, 5.74) is 15.5. The van der Waals surface area contributed by atoms with Gasteiger partial charge in [-0.1, -0.05) is 146 Å². The number of aromatic nitrogens is 5. The molecule has 0 radical (unpaired) electrons. The van der Waals surface area contributed by atoms with Crippen molar-refractivity contribution < 1.29 is 0 Å². The summed E-state index contributed by atoms with van der Waals surface area (Å²) in [6.45, 7) is 0. The zero-order valence-electron chi connectivity index (χ0n) is 46.9. The lowest BCUT2D eigenvalue weighted by Crippen LogP contribution is -2.08. The van der Waals surface area contributed by atoms with Crippen LogP contribution in [0.3, 0.4) is 0 Å². The summed E-state index contributed by atoms with van der Waals surface area (Å²) < 4.78 is 14.9. The van der Waals surface area contributed by atoms with E-state index in [1.807, 2.05) is 34.0 Å².